The van der Waals surface area contributed by atoms with Crippen molar-refractivity contribution >= 4 is 11.6 Å². The molecule has 0 aliphatic carbocycles. The zero-order valence-electron chi connectivity index (χ0n) is 12.5. The normalized spacial score (nSPS) is 14.9. The zero-order valence-corrected chi connectivity index (χ0v) is 12.5. The van der Waals surface area contributed by atoms with E-state index in [1.165, 1.54) is 0 Å². The van der Waals surface area contributed by atoms with Gasteiger partial charge >= 0.3 is 0 Å². The Morgan fingerprint density at radius 1 is 1.32 bits per heavy atom. The molecule has 1 saturated heterocycles. The molecule has 2 aromatic rings. The van der Waals surface area contributed by atoms with Crippen molar-refractivity contribution in [1.29, 1.82) is 0 Å². The van der Waals surface area contributed by atoms with Gasteiger partial charge in [0.2, 0.25) is 0 Å². The Balaban J connectivity index is 1.66. The number of amides is 1. The number of anilines is 1. The fraction of sp³-hybridized carbons (Fsp3) is 0.400. The summed E-state index contributed by atoms with van der Waals surface area (Å²) in [5.41, 5.74) is 2.37. The monoisotopic (exact) mass is 301 g/mol. The van der Waals surface area contributed by atoms with Crippen LogP contribution < -0.4 is 10.2 Å². The molecule has 1 aliphatic heterocycles. The van der Waals surface area contributed by atoms with Crippen LogP contribution in [0.3, 0.4) is 0 Å². The Kier molecular flexibility index (Phi) is 4.34. The summed E-state index contributed by atoms with van der Waals surface area (Å²) in [4.78, 5) is 18.6. The van der Waals surface area contributed by atoms with Crippen LogP contribution >= 0.6 is 0 Å². The molecule has 0 radical (unpaired) electrons. The first kappa shape index (κ1) is 14.5. The van der Waals surface area contributed by atoms with Crippen LogP contribution in [-0.4, -0.2) is 47.0 Å². The number of carbonyl (C=O) groups excluding carboxylic acids is 1. The van der Waals surface area contributed by atoms with E-state index in [0.717, 1.165) is 24.5 Å². The Morgan fingerprint density at radius 3 is 2.86 bits per heavy atom. The number of morpholine rings is 1. The number of hydrogen-bond donors (Lipinski definition) is 1. The lowest BCUT2D eigenvalue weighted by atomic mass is 10.2. The van der Waals surface area contributed by atoms with E-state index in [9.17, 15) is 4.79 Å². The highest BCUT2D eigenvalue weighted by Crippen LogP contribution is 2.16. The fourth-order valence-corrected chi connectivity index (χ4v) is 2.40. The number of carbonyl (C=O) groups is 1. The number of nitrogens with one attached hydrogen (secondary N) is 1. The summed E-state index contributed by atoms with van der Waals surface area (Å²) in [7, 11) is 1.85. The molecule has 3 heterocycles. The van der Waals surface area contributed by atoms with Gasteiger partial charge in [-0.15, -0.1) is 0 Å². The average molecular weight is 301 g/mol. The van der Waals surface area contributed by atoms with E-state index in [-0.39, 0.29) is 5.91 Å². The van der Waals surface area contributed by atoms with Crippen LogP contribution in [0, 0.1) is 0 Å². The molecule has 0 aromatic carbocycles. The van der Waals surface area contributed by atoms with Gasteiger partial charge in [0.15, 0.2) is 0 Å². The lowest BCUT2D eigenvalue weighted by molar-refractivity contribution is 0.0945. The van der Waals surface area contributed by atoms with Crippen LogP contribution in [0.4, 0.5) is 5.69 Å². The SMILES string of the molecule is Cn1nccc1CNC(=O)c1cc(N2CCOCC2)ccn1. The highest BCUT2D eigenvalue weighted by Gasteiger charge is 2.14. The number of hydrogen-bond acceptors (Lipinski definition) is 5. The predicted molar refractivity (Wildman–Crippen MR) is 81.6 cm³/mol. The molecule has 7 nitrogen and oxygen atoms in total. The van der Waals surface area contributed by atoms with Gasteiger partial charge in [-0.25, -0.2) is 0 Å². The number of ether oxygens (including phenoxy) is 1. The van der Waals surface area contributed by atoms with Crippen LogP contribution in [0.5, 0.6) is 0 Å². The van der Waals surface area contributed by atoms with Gasteiger partial charge in [0, 0.05) is 38.2 Å². The minimum Gasteiger partial charge on any atom is -0.378 e. The molecule has 1 N–H and O–H groups in total. The smallest absolute Gasteiger partial charge is 0.270 e. The number of nitrogens with zero attached hydrogens (tertiary/aromatic N) is 4. The average Bonchev–Trinajstić information content (AvgIpc) is 2.99. The van der Waals surface area contributed by atoms with Gasteiger partial charge in [-0.3, -0.25) is 14.5 Å². The molecule has 0 unspecified atom stereocenters. The molecule has 2 aromatic heterocycles. The quantitative estimate of drug-likeness (QED) is 0.894. The maximum absolute atomic E-state index is 12.2. The van der Waals surface area contributed by atoms with Crippen molar-refractivity contribution in [2.24, 2.45) is 7.05 Å². The van der Waals surface area contributed by atoms with Gasteiger partial charge < -0.3 is 15.0 Å². The molecule has 0 spiro atoms. The summed E-state index contributed by atoms with van der Waals surface area (Å²) in [5.74, 6) is -0.184. The van der Waals surface area contributed by atoms with Gasteiger partial charge in [0.05, 0.1) is 25.5 Å². The van der Waals surface area contributed by atoms with Gasteiger partial charge in [-0.05, 0) is 18.2 Å². The second-order valence-corrected chi connectivity index (χ2v) is 5.13. The number of pyridine rings is 1. The zero-order chi connectivity index (χ0) is 15.4. The third kappa shape index (κ3) is 3.25. The number of aromatic nitrogens is 3. The van der Waals surface area contributed by atoms with Crippen molar-refractivity contribution in [2.45, 2.75) is 6.54 Å². The molecule has 1 amide bonds. The topological polar surface area (TPSA) is 72.3 Å². The van der Waals surface area contributed by atoms with Gasteiger partial charge in [-0.2, -0.15) is 5.10 Å². The van der Waals surface area contributed by atoms with Gasteiger partial charge in [-0.1, -0.05) is 0 Å². The maximum atomic E-state index is 12.2. The van der Waals surface area contributed by atoms with Crippen LogP contribution in [0.1, 0.15) is 16.2 Å². The van der Waals surface area contributed by atoms with Crippen LogP contribution in [0.15, 0.2) is 30.6 Å². The fourth-order valence-electron chi connectivity index (χ4n) is 2.40. The van der Waals surface area contributed by atoms with Crippen LogP contribution in [0.2, 0.25) is 0 Å². The van der Waals surface area contributed by atoms with E-state index in [1.807, 2.05) is 25.2 Å². The second kappa shape index (κ2) is 6.57. The molecular formula is C15H19N5O2. The summed E-state index contributed by atoms with van der Waals surface area (Å²) in [6, 6.07) is 5.62. The standard InChI is InChI=1S/C15H19N5O2/c1-19-13(3-5-18-19)11-17-15(21)14-10-12(2-4-16-14)20-6-8-22-9-7-20/h2-5,10H,6-9,11H2,1H3,(H,17,21). The lowest BCUT2D eigenvalue weighted by Gasteiger charge is -2.28. The Hall–Kier alpha value is -2.41. The number of aryl methyl sites for hydroxylation is 1. The van der Waals surface area contributed by atoms with E-state index < -0.39 is 0 Å². The van der Waals surface area contributed by atoms with Crippen molar-refractivity contribution in [3.05, 3.63) is 42.0 Å². The molecule has 0 bridgehead atoms. The highest BCUT2D eigenvalue weighted by molar-refractivity contribution is 5.93. The Bertz CT molecular complexity index is 649. The van der Waals surface area contributed by atoms with Crippen molar-refractivity contribution in [1.82, 2.24) is 20.1 Å². The van der Waals surface area contributed by atoms with E-state index in [4.69, 9.17) is 4.74 Å². The number of rotatable bonds is 4. The first-order chi connectivity index (χ1) is 10.7. The van der Waals surface area contributed by atoms with Crippen molar-refractivity contribution in [3.8, 4) is 0 Å². The van der Waals surface area contributed by atoms with E-state index >= 15 is 0 Å². The van der Waals surface area contributed by atoms with Gasteiger partial charge in [0.25, 0.3) is 5.91 Å². The summed E-state index contributed by atoms with van der Waals surface area (Å²) in [5, 5.41) is 6.94. The van der Waals surface area contributed by atoms with Crippen LogP contribution in [0.25, 0.3) is 0 Å². The molecule has 0 saturated carbocycles. The third-order valence-electron chi connectivity index (χ3n) is 3.70. The molecular weight excluding hydrogens is 282 g/mol. The maximum Gasteiger partial charge on any atom is 0.270 e. The molecule has 22 heavy (non-hydrogen) atoms. The molecule has 116 valence electrons. The molecule has 7 heteroatoms. The second-order valence-electron chi connectivity index (χ2n) is 5.13. The van der Waals surface area contributed by atoms with Crippen molar-refractivity contribution in [3.63, 3.8) is 0 Å². The van der Waals surface area contributed by atoms with E-state index in [2.05, 4.69) is 20.3 Å². The minimum absolute atomic E-state index is 0.184. The van der Waals surface area contributed by atoms with Crippen molar-refractivity contribution in [2.75, 3.05) is 31.2 Å². The summed E-state index contributed by atoms with van der Waals surface area (Å²) < 4.78 is 7.08. The van der Waals surface area contributed by atoms with E-state index in [0.29, 0.717) is 25.5 Å². The Morgan fingerprint density at radius 2 is 2.14 bits per heavy atom. The largest absolute Gasteiger partial charge is 0.378 e. The highest BCUT2D eigenvalue weighted by atomic mass is 16.5. The first-order valence-corrected chi connectivity index (χ1v) is 7.28. The summed E-state index contributed by atoms with van der Waals surface area (Å²) >= 11 is 0. The Labute approximate surface area is 128 Å². The molecule has 1 fully saturated rings. The third-order valence-corrected chi connectivity index (χ3v) is 3.70. The molecule has 0 atom stereocenters. The first-order valence-electron chi connectivity index (χ1n) is 7.28. The molecule has 1 aliphatic rings. The van der Waals surface area contributed by atoms with E-state index in [1.54, 1.807) is 17.1 Å². The minimum atomic E-state index is -0.184. The molecule has 3 rings (SSSR count). The predicted octanol–water partition coefficient (Wildman–Crippen LogP) is 0.582. The van der Waals surface area contributed by atoms with Crippen LogP contribution in [-0.2, 0) is 18.3 Å². The van der Waals surface area contributed by atoms with Gasteiger partial charge in [0.1, 0.15) is 5.69 Å². The lowest BCUT2D eigenvalue weighted by Crippen LogP contribution is -2.36. The summed E-state index contributed by atoms with van der Waals surface area (Å²) in [6.45, 7) is 3.52. The van der Waals surface area contributed by atoms with Crippen molar-refractivity contribution < 1.29 is 9.53 Å². The summed E-state index contributed by atoms with van der Waals surface area (Å²) in [6.07, 6.45) is 3.38.